The van der Waals surface area contributed by atoms with Crippen molar-refractivity contribution in [3.63, 3.8) is 0 Å². The van der Waals surface area contributed by atoms with Gasteiger partial charge >= 0.3 is 0 Å². The summed E-state index contributed by atoms with van der Waals surface area (Å²) in [6.45, 7) is 10.5. The molecule has 0 rings (SSSR count). The van der Waals surface area contributed by atoms with Crippen LogP contribution in [0.5, 0.6) is 0 Å². The summed E-state index contributed by atoms with van der Waals surface area (Å²) in [6.07, 6.45) is 2.35. The third-order valence-corrected chi connectivity index (χ3v) is 2.13. The molecule has 0 saturated heterocycles. The first-order chi connectivity index (χ1) is 6.81. The number of hydrogen-bond acceptors (Lipinski definition) is 3. The molecule has 0 aromatic heterocycles. The molecule has 0 amide bonds. The molecule has 14 heavy (non-hydrogen) atoms. The summed E-state index contributed by atoms with van der Waals surface area (Å²) in [6, 6.07) is 0. The average molecular weight is 202 g/mol. The lowest BCUT2D eigenvalue weighted by Crippen LogP contribution is -2.30. The van der Waals surface area contributed by atoms with Gasteiger partial charge in [0.1, 0.15) is 0 Å². The summed E-state index contributed by atoms with van der Waals surface area (Å²) in [7, 11) is 2.17. The lowest BCUT2D eigenvalue weighted by molar-refractivity contribution is 0.135. The number of nitrogens with one attached hydrogen (secondary N) is 1. The van der Waals surface area contributed by atoms with E-state index in [9.17, 15) is 0 Å². The standard InChI is InChI=1S/C11H26N2O/c1-4-7-12-8-10-13(3)9-6-11-14-5-2/h12H,4-11H2,1-3H3. The van der Waals surface area contributed by atoms with Gasteiger partial charge < -0.3 is 15.0 Å². The van der Waals surface area contributed by atoms with E-state index in [1.165, 1.54) is 6.42 Å². The second-order valence-electron chi connectivity index (χ2n) is 3.60. The number of ether oxygens (including phenoxy) is 1. The van der Waals surface area contributed by atoms with Crippen LogP contribution >= 0.6 is 0 Å². The maximum atomic E-state index is 5.28. The zero-order chi connectivity index (χ0) is 10.6. The van der Waals surface area contributed by atoms with Crippen LogP contribution in [0.15, 0.2) is 0 Å². The van der Waals surface area contributed by atoms with Crippen LogP contribution < -0.4 is 5.32 Å². The van der Waals surface area contributed by atoms with E-state index in [2.05, 4.69) is 24.2 Å². The number of hydrogen-bond donors (Lipinski definition) is 1. The Hall–Kier alpha value is -0.120. The zero-order valence-corrected chi connectivity index (χ0v) is 10.0. The third kappa shape index (κ3) is 9.96. The highest BCUT2D eigenvalue weighted by atomic mass is 16.5. The average Bonchev–Trinajstić information content (AvgIpc) is 2.19. The van der Waals surface area contributed by atoms with Crippen LogP contribution in [0.3, 0.4) is 0 Å². The predicted molar refractivity (Wildman–Crippen MR) is 61.8 cm³/mol. The Morgan fingerprint density at radius 1 is 1.14 bits per heavy atom. The lowest BCUT2D eigenvalue weighted by Gasteiger charge is -2.16. The van der Waals surface area contributed by atoms with Crippen LogP contribution in [0.1, 0.15) is 26.7 Å². The highest BCUT2D eigenvalue weighted by molar-refractivity contribution is 4.54. The van der Waals surface area contributed by atoms with E-state index in [1.807, 2.05) is 6.92 Å². The third-order valence-electron chi connectivity index (χ3n) is 2.13. The van der Waals surface area contributed by atoms with Crippen molar-refractivity contribution in [2.75, 3.05) is 46.4 Å². The van der Waals surface area contributed by atoms with Gasteiger partial charge in [-0.05, 0) is 33.4 Å². The minimum atomic E-state index is 0.835. The largest absolute Gasteiger partial charge is 0.382 e. The molecule has 86 valence electrons. The highest BCUT2D eigenvalue weighted by Crippen LogP contribution is 1.88. The maximum Gasteiger partial charge on any atom is 0.0478 e. The van der Waals surface area contributed by atoms with Gasteiger partial charge in [-0.1, -0.05) is 6.92 Å². The molecule has 0 bridgehead atoms. The Balaban J connectivity index is 3.07. The summed E-state index contributed by atoms with van der Waals surface area (Å²) in [4.78, 5) is 2.35. The van der Waals surface area contributed by atoms with Crippen molar-refractivity contribution >= 4 is 0 Å². The van der Waals surface area contributed by atoms with Crippen molar-refractivity contribution in [2.24, 2.45) is 0 Å². The van der Waals surface area contributed by atoms with Gasteiger partial charge in [-0.2, -0.15) is 0 Å². The number of likely N-dealkylation sites (N-methyl/N-ethyl adjacent to an activating group) is 1. The molecule has 0 unspecified atom stereocenters. The Morgan fingerprint density at radius 3 is 2.57 bits per heavy atom. The van der Waals surface area contributed by atoms with Gasteiger partial charge in [0, 0.05) is 32.8 Å². The van der Waals surface area contributed by atoms with Crippen molar-refractivity contribution < 1.29 is 4.74 Å². The molecule has 0 aliphatic carbocycles. The molecule has 3 nitrogen and oxygen atoms in total. The van der Waals surface area contributed by atoms with Crippen LogP contribution in [-0.4, -0.2) is 51.3 Å². The molecule has 0 atom stereocenters. The Labute approximate surface area is 88.8 Å². The van der Waals surface area contributed by atoms with E-state index in [0.717, 1.165) is 45.8 Å². The maximum absolute atomic E-state index is 5.28. The molecule has 0 aliphatic heterocycles. The lowest BCUT2D eigenvalue weighted by atomic mass is 10.4. The SMILES string of the molecule is CCCNCCN(C)CCCOCC. The van der Waals surface area contributed by atoms with Crippen molar-refractivity contribution in [1.29, 1.82) is 0 Å². The van der Waals surface area contributed by atoms with Gasteiger partial charge in [-0.25, -0.2) is 0 Å². The summed E-state index contributed by atoms with van der Waals surface area (Å²) in [5, 5.41) is 3.39. The fraction of sp³-hybridized carbons (Fsp3) is 1.00. The molecule has 0 fully saturated rings. The smallest absolute Gasteiger partial charge is 0.0478 e. The monoisotopic (exact) mass is 202 g/mol. The summed E-state index contributed by atoms with van der Waals surface area (Å²) in [5.41, 5.74) is 0. The molecule has 0 aromatic carbocycles. The molecule has 3 heteroatoms. The molecule has 0 aromatic rings. The second kappa shape index (κ2) is 11.0. The fourth-order valence-corrected chi connectivity index (χ4v) is 1.26. The van der Waals surface area contributed by atoms with Gasteiger partial charge in [-0.15, -0.1) is 0 Å². The topological polar surface area (TPSA) is 24.5 Å². The van der Waals surface area contributed by atoms with Crippen LogP contribution in [0, 0.1) is 0 Å². The van der Waals surface area contributed by atoms with E-state index in [-0.39, 0.29) is 0 Å². The molecular weight excluding hydrogens is 176 g/mol. The summed E-state index contributed by atoms with van der Waals surface area (Å²) in [5.74, 6) is 0. The van der Waals surface area contributed by atoms with Crippen LogP contribution in [0.2, 0.25) is 0 Å². The van der Waals surface area contributed by atoms with Gasteiger partial charge in [-0.3, -0.25) is 0 Å². The van der Waals surface area contributed by atoms with Crippen molar-refractivity contribution in [1.82, 2.24) is 10.2 Å². The zero-order valence-electron chi connectivity index (χ0n) is 10.0. The van der Waals surface area contributed by atoms with Crippen LogP contribution in [0.25, 0.3) is 0 Å². The Bertz CT molecular complexity index is 97.5. The van der Waals surface area contributed by atoms with Gasteiger partial charge in [0.2, 0.25) is 0 Å². The molecular formula is C11H26N2O. The van der Waals surface area contributed by atoms with Crippen molar-refractivity contribution in [3.05, 3.63) is 0 Å². The number of rotatable bonds is 10. The molecule has 0 spiro atoms. The van der Waals surface area contributed by atoms with Gasteiger partial charge in [0.05, 0.1) is 0 Å². The highest BCUT2D eigenvalue weighted by Gasteiger charge is 1.96. The van der Waals surface area contributed by atoms with E-state index in [1.54, 1.807) is 0 Å². The second-order valence-corrected chi connectivity index (χ2v) is 3.60. The molecule has 0 aliphatic rings. The van der Waals surface area contributed by atoms with Crippen LogP contribution in [0.4, 0.5) is 0 Å². The molecule has 1 N–H and O–H groups in total. The first-order valence-electron chi connectivity index (χ1n) is 5.78. The number of nitrogens with zero attached hydrogens (tertiary/aromatic N) is 1. The van der Waals surface area contributed by atoms with Crippen molar-refractivity contribution in [2.45, 2.75) is 26.7 Å². The molecule has 0 radical (unpaired) electrons. The quantitative estimate of drug-likeness (QED) is 0.541. The first-order valence-corrected chi connectivity index (χ1v) is 5.78. The molecule has 0 saturated carbocycles. The Kier molecular flexibility index (Phi) is 10.9. The Morgan fingerprint density at radius 2 is 1.93 bits per heavy atom. The van der Waals surface area contributed by atoms with E-state index < -0.39 is 0 Å². The molecule has 0 heterocycles. The normalized spacial score (nSPS) is 11.1. The summed E-state index contributed by atoms with van der Waals surface area (Å²) >= 11 is 0. The van der Waals surface area contributed by atoms with E-state index in [4.69, 9.17) is 4.74 Å². The van der Waals surface area contributed by atoms with Crippen molar-refractivity contribution in [3.8, 4) is 0 Å². The minimum absolute atomic E-state index is 0.835. The minimum Gasteiger partial charge on any atom is -0.382 e. The van der Waals surface area contributed by atoms with E-state index >= 15 is 0 Å². The van der Waals surface area contributed by atoms with Gasteiger partial charge in [0.25, 0.3) is 0 Å². The summed E-state index contributed by atoms with van der Waals surface area (Å²) < 4.78 is 5.28. The fourth-order valence-electron chi connectivity index (χ4n) is 1.26. The van der Waals surface area contributed by atoms with Crippen LogP contribution in [-0.2, 0) is 4.74 Å². The predicted octanol–water partition coefficient (Wildman–Crippen LogP) is 1.34. The van der Waals surface area contributed by atoms with Gasteiger partial charge in [0.15, 0.2) is 0 Å². The first kappa shape index (κ1) is 13.9. The van der Waals surface area contributed by atoms with E-state index in [0.29, 0.717) is 0 Å².